The van der Waals surface area contributed by atoms with Crippen molar-refractivity contribution < 1.29 is 4.74 Å². The van der Waals surface area contributed by atoms with E-state index in [0.717, 1.165) is 18.8 Å². The van der Waals surface area contributed by atoms with Crippen LogP contribution in [0.1, 0.15) is 20.3 Å². The molecule has 0 saturated carbocycles. The summed E-state index contributed by atoms with van der Waals surface area (Å²) >= 11 is 0. The van der Waals surface area contributed by atoms with Crippen LogP contribution < -0.4 is 0 Å². The number of hydrogen-bond donors (Lipinski definition) is 0. The van der Waals surface area contributed by atoms with Crippen LogP contribution in [0.5, 0.6) is 0 Å². The fraction of sp³-hybridized carbons (Fsp3) is 0.500. The van der Waals surface area contributed by atoms with Crippen LogP contribution in [0.2, 0.25) is 0 Å². The van der Waals surface area contributed by atoms with E-state index in [0.29, 0.717) is 11.8 Å². The van der Waals surface area contributed by atoms with Crippen molar-refractivity contribution in [2.45, 2.75) is 20.3 Å². The lowest BCUT2D eigenvalue weighted by Gasteiger charge is -2.22. The zero-order valence-corrected chi connectivity index (χ0v) is 8.29. The zero-order valence-electron chi connectivity index (χ0n) is 8.29. The van der Waals surface area contributed by atoms with Crippen LogP contribution in [-0.2, 0) is 4.74 Å². The summed E-state index contributed by atoms with van der Waals surface area (Å²) in [5.41, 5.74) is 1.36. The Morgan fingerprint density at radius 1 is 1.23 bits per heavy atom. The van der Waals surface area contributed by atoms with Crippen molar-refractivity contribution in [1.29, 1.82) is 0 Å². The molecule has 0 radical (unpaired) electrons. The maximum absolute atomic E-state index is 5.66. The first-order valence-electron chi connectivity index (χ1n) is 4.98. The van der Waals surface area contributed by atoms with Crippen molar-refractivity contribution >= 4 is 0 Å². The molecule has 2 aliphatic rings. The van der Waals surface area contributed by atoms with Gasteiger partial charge in [0.1, 0.15) is 5.76 Å². The van der Waals surface area contributed by atoms with Crippen molar-refractivity contribution in [3.63, 3.8) is 0 Å². The van der Waals surface area contributed by atoms with E-state index in [1.165, 1.54) is 5.57 Å². The predicted molar refractivity (Wildman–Crippen MR) is 54.2 cm³/mol. The molecular formula is C12H16O. The molecule has 0 aromatic carbocycles. The highest BCUT2D eigenvalue weighted by atomic mass is 16.5. The molecule has 0 bridgehead atoms. The van der Waals surface area contributed by atoms with Gasteiger partial charge in [-0.3, -0.25) is 0 Å². The van der Waals surface area contributed by atoms with Crippen LogP contribution >= 0.6 is 0 Å². The molecule has 1 heteroatoms. The molecular weight excluding hydrogens is 160 g/mol. The molecule has 1 nitrogen and oxygen atoms in total. The lowest BCUT2D eigenvalue weighted by atomic mass is 9.98. The third kappa shape index (κ3) is 1.85. The van der Waals surface area contributed by atoms with Gasteiger partial charge in [0.15, 0.2) is 0 Å². The molecule has 13 heavy (non-hydrogen) atoms. The minimum atomic E-state index is 0.532. The van der Waals surface area contributed by atoms with Crippen LogP contribution in [0.25, 0.3) is 0 Å². The predicted octanol–water partition coefficient (Wildman–Crippen LogP) is 3.06. The Kier molecular flexibility index (Phi) is 2.26. The second-order valence-electron chi connectivity index (χ2n) is 4.09. The van der Waals surface area contributed by atoms with E-state index >= 15 is 0 Å². The summed E-state index contributed by atoms with van der Waals surface area (Å²) in [6.07, 6.45) is 9.92. The number of rotatable bonds is 0. The van der Waals surface area contributed by atoms with Crippen molar-refractivity contribution in [3.8, 4) is 0 Å². The molecule has 0 saturated heterocycles. The number of ether oxygens (including phenoxy) is 1. The standard InChI is InChI=1S/C12H16O/c1-9-3-5-11-7-10(2)8-13-12(11)6-4-9/h3-6,9-10H,7-8H2,1-2H3. The Morgan fingerprint density at radius 2 is 2.00 bits per heavy atom. The second-order valence-corrected chi connectivity index (χ2v) is 4.09. The molecule has 2 unspecified atom stereocenters. The van der Waals surface area contributed by atoms with Gasteiger partial charge in [0.25, 0.3) is 0 Å². The highest BCUT2D eigenvalue weighted by Gasteiger charge is 2.17. The van der Waals surface area contributed by atoms with Gasteiger partial charge in [-0.1, -0.05) is 32.1 Å². The summed E-state index contributed by atoms with van der Waals surface area (Å²) in [6, 6.07) is 0. The fourth-order valence-electron chi connectivity index (χ4n) is 1.74. The lowest BCUT2D eigenvalue weighted by Crippen LogP contribution is -2.13. The first-order chi connectivity index (χ1) is 6.25. The zero-order chi connectivity index (χ0) is 9.26. The van der Waals surface area contributed by atoms with Crippen LogP contribution in [0.4, 0.5) is 0 Å². The SMILES string of the molecule is CC1C=CC2=C(C=C1)OCC(C)C2. The maximum atomic E-state index is 5.66. The Hall–Kier alpha value is -0.980. The van der Waals surface area contributed by atoms with Gasteiger partial charge in [-0.05, 0) is 29.9 Å². The summed E-state index contributed by atoms with van der Waals surface area (Å²) in [6.45, 7) is 5.29. The summed E-state index contributed by atoms with van der Waals surface area (Å²) in [5, 5.41) is 0. The van der Waals surface area contributed by atoms with Gasteiger partial charge in [0.2, 0.25) is 0 Å². The third-order valence-electron chi connectivity index (χ3n) is 2.56. The highest BCUT2D eigenvalue weighted by molar-refractivity contribution is 5.34. The Bertz CT molecular complexity index is 283. The Morgan fingerprint density at radius 3 is 2.85 bits per heavy atom. The van der Waals surface area contributed by atoms with Crippen LogP contribution in [0.15, 0.2) is 35.6 Å². The smallest absolute Gasteiger partial charge is 0.122 e. The second kappa shape index (κ2) is 3.41. The largest absolute Gasteiger partial charge is 0.493 e. The van der Waals surface area contributed by atoms with E-state index in [-0.39, 0.29) is 0 Å². The molecule has 0 aromatic rings. The van der Waals surface area contributed by atoms with Crippen LogP contribution in [0.3, 0.4) is 0 Å². The van der Waals surface area contributed by atoms with Crippen molar-refractivity contribution in [2.75, 3.05) is 6.61 Å². The summed E-state index contributed by atoms with van der Waals surface area (Å²) in [7, 11) is 0. The maximum Gasteiger partial charge on any atom is 0.122 e. The fourth-order valence-corrected chi connectivity index (χ4v) is 1.74. The molecule has 2 rings (SSSR count). The van der Waals surface area contributed by atoms with E-state index in [2.05, 4.69) is 38.2 Å². The molecule has 0 spiro atoms. The summed E-state index contributed by atoms with van der Waals surface area (Å²) < 4.78 is 5.66. The van der Waals surface area contributed by atoms with E-state index < -0.39 is 0 Å². The molecule has 1 aliphatic heterocycles. The average molecular weight is 176 g/mol. The van der Waals surface area contributed by atoms with Gasteiger partial charge in [0, 0.05) is 0 Å². The molecule has 70 valence electrons. The molecule has 0 N–H and O–H groups in total. The van der Waals surface area contributed by atoms with Crippen LogP contribution in [0, 0.1) is 11.8 Å². The molecule has 0 fully saturated rings. The first-order valence-corrected chi connectivity index (χ1v) is 4.98. The molecule has 1 heterocycles. The number of allylic oxidation sites excluding steroid dienone is 5. The Labute approximate surface area is 79.8 Å². The third-order valence-corrected chi connectivity index (χ3v) is 2.56. The van der Waals surface area contributed by atoms with Crippen molar-refractivity contribution in [3.05, 3.63) is 35.6 Å². The quantitative estimate of drug-likeness (QED) is 0.551. The minimum absolute atomic E-state index is 0.532. The highest BCUT2D eigenvalue weighted by Crippen LogP contribution is 2.27. The molecule has 1 aliphatic carbocycles. The monoisotopic (exact) mass is 176 g/mol. The van der Waals surface area contributed by atoms with Crippen molar-refractivity contribution in [2.24, 2.45) is 11.8 Å². The van der Waals surface area contributed by atoms with E-state index in [4.69, 9.17) is 4.74 Å². The topological polar surface area (TPSA) is 9.23 Å². The molecule has 0 amide bonds. The summed E-state index contributed by atoms with van der Waals surface area (Å²) in [5.74, 6) is 2.27. The Balaban J connectivity index is 2.26. The molecule has 0 aromatic heterocycles. The van der Waals surface area contributed by atoms with Gasteiger partial charge in [-0.15, -0.1) is 0 Å². The lowest BCUT2D eigenvalue weighted by molar-refractivity contribution is 0.160. The van der Waals surface area contributed by atoms with Gasteiger partial charge >= 0.3 is 0 Å². The van der Waals surface area contributed by atoms with Crippen molar-refractivity contribution in [1.82, 2.24) is 0 Å². The van der Waals surface area contributed by atoms with Gasteiger partial charge in [0.05, 0.1) is 6.61 Å². The van der Waals surface area contributed by atoms with E-state index in [1.807, 2.05) is 0 Å². The number of hydrogen-bond acceptors (Lipinski definition) is 1. The van der Waals surface area contributed by atoms with Gasteiger partial charge < -0.3 is 4.74 Å². The van der Waals surface area contributed by atoms with E-state index in [9.17, 15) is 0 Å². The van der Waals surface area contributed by atoms with Gasteiger partial charge in [-0.2, -0.15) is 0 Å². The first kappa shape index (κ1) is 8.61. The van der Waals surface area contributed by atoms with Crippen LogP contribution in [-0.4, -0.2) is 6.61 Å². The normalized spacial score (nSPS) is 32.5. The minimum Gasteiger partial charge on any atom is -0.493 e. The summed E-state index contributed by atoms with van der Waals surface area (Å²) in [4.78, 5) is 0. The molecule has 2 atom stereocenters. The average Bonchev–Trinajstić information content (AvgIpc) is 2.29. The van der Waals surface area contributed by atoms with E-state index in [1.54, 1.807) is 0 Å². The van der Waals surface area contributed by atoms with Gasteiger partial charge in [-0.25, -0.2) is 0 Å².